The highest BCUT2D eigenvalue weighted by Crippen LogP contribution is 2.35. The van der Waals surface area contributed by atoms with E-state index in [9.17, 15) is 26.7 Å². The molecule has 0 rings (SSSR count). The van der Waals surface area contributed by atoms with Crippen LogP contribution < -0.4 is 5.32 Å². The first-order chi connectivity index (χ1) is 7.04. The van der Waals surface area contributed by atoms with Crippen LogP contribution in [0.15, 0.2) is 0 Å². The molecule has 0 radical (unpaired) electrons. The van der Waals surface area contributed by atoms with Crippen LogP contribution >= 0.6 is 0 Å². The minimum Gasteiger partial charge on any atom is -0.335 e. The molecule has 0 spiro atoms. The average molecular weight is 244 g/mol. The second-order valence-corrected chi connectivity index (χ2v) is 3.40. The Kier molecular flexibility index (Phi) is 4.23. The third-order valence-corrected chi connectivity index (χ3v) is 1.73. The third kappa shape index (κ3) is 3.05. The molecule has 0 aliphatic carbocycles. The van der Waals surface area contributed by atoms with Gasteiger partial charge in [-0.25, -0.2) is 0 Å². The number of carbonyl (C=O) groups excluding carboxylic acids is 1. The van der Waals surface area contributed by atoms with E-state index in [0.29, 0.717) is 0 Å². The monoisotopic (exact) mass is 244 g/mol. The summed E-state index contributed by atoms with van der Waals surface area (Å²) < 4.78 is 60.1. The lowest BCUT2D eigenvalue weighted by molar-refractivity contribution is -0.270. The lowest BCUT2D eigenvalue weighted by atomic mass is 10.1. The molecule has 0 aromatic rings. The van der Waals surface area contributed by atoms with Gasteiger partial charge in [-0.3, -0.25) is 4.79 Å². The molecule has 1 N–H and O–H groups in total. The van der Waals surface area contributed by atoms with Gasteiger partial charge in [0.25, 0.3) is 0 Å². The number of carbonyl (C=O) groups is 1. The summed E-state index contributed by atoms with van der Waals surface area (Å²) in [4.78, 5) is 10.7. The number of nitrogens with zero attached hydrogens (tertiary/aromatic N) is 1. The summed E-state index contributed by atoms with van der Waals surface area (Å²) in [6.07, 6.45) is -5.96. The first-order valence-corrected chi connectivity index (χ1v) is 4.19. The van der Waals surface area contributed by atoms with Crippen LogP contribution in [-0.4, -0.2) is 24.0 Å². The molecule has 92 valence electrons. The maximum Gasteiger partial charge on any atom is 0.463 e. The molecule has 0 aliphatic rings. The molecule has 0 saturated heterocycles. The van der Waals surface area contributed by atoms with E-state index in [0.717, 1.165) is 0 Å². The number of alkyl halides is 5. The molecule has 16 heavy (non-hydrogen) atoms. The van der Waals surface area contributed by atoms with Crippen LogP contribution in [0.4, 0.5) is 22.0 Å². The molecule has 3 nitrogen and oxygen atoms in total. The van der Waals surface area contributed by atoms with E-state index in [1.54, 1.807) is 0 Å². The first-order valence-electron chi connectivity index (χ1n) is 4.19. The molecule has 0 aliphatic heterocycles. The quantitative estimate of drug-likeness (QED) is 0.770. The average Bonchev–Trinajstić information content (AvgIpc) is 2.11. The SMILES string of the molecule is CC(C)C(C#N)NC(=O)C(F)(F)C(F)(F)F. The van der Waals surface area contributed by atoms with Crippen molar-refractivity contribution in [2.24, 2.45) is 5.92 Å². The summed E-state index contributed by atoms with van der Waals surface area (Å²) in [5.74, 6) is -8.57. The molecular formula is C8H9F5N2O. The van der Waals surface area contributed by atoms with Gasteiger partial charge in [-0.1, -0.05) is 13.8 Å². The van der Waals surface area contributed by atoms with Crippen LogP contribution in [0.2, 0.25) is 0 Å². The van der Waals surface area contributed by atoms with Gasteiger partial charge in [0.1, 0.15) is 6.04 Å². The van der Waals surface area contributed by atoms with E-state index in [-0.39, 0.29) is 0 Å². The smallest absolute Gasteiger partial charge is 0.335 e. The lowest BCUT2D eigenvalue weighted by Crippen LogP contribution is -2.53. The maximum atomic E-state index is 12.4. The number of nitrogens with one attached hydrogen (secondary N) is 1. The van der Waals surface area contributed by atoms with E-state index >= 15 is 0 Å². The molecule has 0 bridgehead atoms. The Bertz CT molecular complexity index is 305. The zero-order valence-corrected chi connectivity index (χ0v) is 8.40. The standard InChI is InChI=1S/C8H9F5N2O/c1-4(2)5(3-14)15-6(16)7(9,10)8(11,12)13/h4-5H,1-2H3,(H,15,16). The van der Waals surface area contributed by atoms with Gasteiger partial charge in [0.15, 0.2) is 0 Å². The Morgan fingerprint density at radius 1 is 1.25 bits per heavy atom. The van der Waals surface area contributed by atoms with Crippen LogP contribution in [0.1, 0.15) is 13.8 Å². The fourth-order valence-electron chi connectivity index (χ4n) is 0.709. The molecule has 0 aromatic heterocycles. The summed E-state index contributed by atoms with van der Waals surface area (Å²) in [6, 6.07) is 0.0351. The Balaban J connectivity index is 4.78. The van der Waals surface area contributed by atoms with Crippen LogP contribution in [0.5, 0.6) is 0 Å². The summed E-state index contributed by atoms with van der Waals surface area (Å²) in [6.45, 7) is 2.81. The summed E-state index contributed by atoms with van der Waals surface area (Å²) in [7, 11) is 0. The highest BCUT2D eigenvalue weighted by molar-refractivity contribution is 5.84. The second-order valence-electron chi connectivity index (χ2n) is 3.40. The number of hydrogen-bond acceptors (Lipinski definition) is 2. The largest absolute Gasteiger partial charge is 0.463 e. The van der Waals surface area contributed by atoms with Gasteiger partial charge in [0.2, 0.25) is 0 Å². The van der Waals surface area contributed by atoms with E-state index in [1.807, 2.05) is 0 Å². The minimum atomic E-state index is -5.96. The van der Waals surface area contributed by atoms with Gasteiger partial charge in [-0.05, 0) is 5.92 Å². The van der Waals surface area contributed by atoms with Gasteiger partial charge in [-0.2, -0.15) is 27.2 Å². The number of nitriles is 1. The summed E-state index contributed by atoms with van der Waals surface area (Å²) in [5, 5.41) is 9.77. The van der Waals surface area contributed by atoms with Gasteiger partial charge < -0.3 is 5.32 Å². The van der Waals surface area contributed by atoms with E-state index in [1.165, 1.54) is 25.2 Å². The normalized spacial score (nSPS) is 14.4. The summed E-state index contributed by atoms with van der Waals surface area (Å²) in [5.41, 5.74) is 0. The van der Waals surface area contributed by atoms with Crippen LogP contribution in [0.25, 0.3) is 0 Å². The van der Waals surface area contributed by atoms with Crippen molar-refractivity contribution in [2.45, 2.75) is 32.0 Å². The number of halogens is 5. The maximum absolute atomic E-state index is 12.4. The fraction of sp³-hybridized carbons (Fsp3) is 0.750. The molecule has 0 aromatic carbocycles. The van der Waals surface area contributed by atoms with Crippen molar-refractivity contribution < 1.29 is 26.7 Å². The number of rotatable bonds is 3. The van der Waals surface area contributed by atoms with E-state index in [4.69, 9.17) is 5.26 Å². The predicted molar refractivity (Wildman–Crippen MR) is 43.4 cm³/mol. The van der Waals surface area contributed by atoms with E-state index < -0.39 is 30.0 Å². The predicted octanol–water partition coefficient (Wildman–Crippen LogP) is 1.85. The van der Waals surface area contributed by atoms with Crippen molar-refractivity contribution >= 4 is 5.91 Å². The molecular weight excluding hydrogens is 235 g/mol. The molecule has 1 atom stereocenters. The third-order valence-electron chi connectivity index (χ3n) is 1.73. The van der Waals surface area contributed by atoms with Gasteiger partial charge in [0.05, 0.1) is 6.07 Å². The van der Waals surface area contributed by atoms with Crippen molar-refractivity contribution in [3.05, 3.63) is 0 Å². The van der Waals surface area contributed by atoms with Gasteiger partial charge in [-0.15, -0.1) is 0 Å². The van der Waals surface area contributed by atoms with Gasteiger partial charge in [0, 0.05) is 0 Å². The summed E-state index contributed by atoms with van der Waals surface area (Å²) >= 11 is 0. The Morgan fingerprint density at radius 3 is 1.94 bits per heavy atom. The van der Waals surface area contributed by atoms with Crippen LogP contribution in [-0.2, 0) is 4.79 Å². The topological polar surface area (TPSA) is 52.9 Å². The first kappa shape index (κ1) is 14.6. The molecule has 0 saturated carbocycles. The Labute approximate surface area is 88.2 Å². The zero-order valence-electron chi connectivity index (χ0n) is 8.40. The van der Waals surface area contributed by atoms with Crippen molar-refractivity contribution in [2.75, 3.05) is 0 Å². The fourth-order valence-corrected chi connectivity index (χ4v) is 0.709. The van der Waals surface area contributed by atoms with Crippen LogP contribution in [0.3, 0.4) is 0 Å². The highest BCUT2D eigenvalue weighted by Gasteiger charge is 2.63. The van der Waals surface area contributed by atoms with Crippen molar-refractivity contribution in [3.8, 4) is 6.07 Å². The number of amides is 1. The zero-order chi connectivity index (χ0) is 13.1. The van der Waals surface area contributed by atoms with Crippen molar-refractivity contribution in [1.29, 1.82) is 5.26 Å². The Hall–Kier alpha value is -1.39. The lowest BCUT2D eigenvalue weighted by Gasteiger charge is -2.21. The highest BCUT2D eigenvalue weighted by atomic mass is 19.4. The molecule has 8 heteroatoms. The van der Waals surface area contributed by atoms with Gasteiger partial charge >= 0.3 is 18.0 Å². The molecule has 0 fully saturated rings. The van der Waals surface area contributed by atoms with Crippen molar-refractivity contribution in [3.63, 3.8) is 0 Å². The van der Waals surface area contributed by atoms with Crippen LogP contribution in [0, 0.1) is 17.2 Å². The second kappa shape index (κ2) is 4.63. The Morgan fingerprint density at radius 2 is 1.69 bits per heavy atom. The molecule has 1 unspecified atom stereocenters. The molecule has 0 heterocycles. The molecule has 1 amide bonds. The number of hydrogen-bond donors (Lipinski definition) is 1. The van der Waals surface area contributed by atoms with Crippen molar-refractivity contribution in [1.82, 2.24) is 5.32 Å². The minimum absolute atomic E-state index is 0.571. The van der Waals surface area contributed by atoms with E-state index in [2.05, 4.69) is 0 Å².